The number of carboxylic acid groups (broad SMARTS) is 1. The number of nitrogens with zero attached hydrogens (tertiary/aromatic N) is 1. The molecule has 112 valence electrons. The third-order valence-corrected chi connectivity index (χ3v) is 4.56. The highest BCUT2D eigenvalue weighted by molar-refractivity contribution is 5.71. The molecular formula is C16H19NO4. The number of amides is 1. The van der Waals surface area contributed by atoms with Crippen molar-refractivity contribution in [3.8, 4) is 0 Å². The summed E-state index contributed by atoms with van der Waals surface area (Å²) in [5.74, 6) is -0.309. The molecule has 2 unspecified atom stereocenters. The van der Waals surface area contributed by atoms with E-state index >= 15 is 0 Å². The summed E-state index contributed by atoms with van der Waals surface area (Å²) in [6, 6.07) is 9.59. The summed E-state index contributed by atoms with van der Waals surface area (Å²) >= 11 is 0. The Morgan fingerprint density at radius 3 is 2.33 bits per heavy atom. The van der Waals surface area contributed by atoms with Crippen LogP contribution in [0.25, 0.3) is 0 Å². The number of carbonyl (C=O) groups excluding carboxylic acids is 1. The average molecular weight is 289 g/mol. The van der Waals surface area contributed by atoms with Gasteiger partial charge in [0.25, 0.3) is 0 Å². The maximum atomic E-state index is 12.1. The van der Waals surface area contributed by atoms with Crippen LogP contribution in [0, 0.1) is 17.8 Å². The maximum absolute atomic E-state index is 12.1. The highest BCUT2D eigenvalue weighted by Gasteiger charge is 2.44. The van der Waals surface area contributed by atoms with Crippen molar-refractivity contribution in [2.24, 2.45) is 17.8 Å². The van der Waals surface area contributed by atoms with Crippen LogP contribution in [-0.2, 0) is 16.1 Å². The van der Waals surface area contributed by atoms with Crippen molar-refractivity contribution >= 4 is 12.1 Å². The molecule has 1 heterocycles. The van der Waals surface area contributed by atoms with Crippen LogP contribution >= 0.6 is 0 Å². The van der Waals surface area contributed by atoms with E-state index in [1.807, 2.05) is 30.3 Å². The van der Waals surface area contributed by atoms with Crippen LogP contribution in [0.5, 0.6) is 0 Å². The lowest BCUT2D eigenvalue weighted by molar-refractivity contribution is -0.141. The molecule has 2 aliphatic rings. The zero-order valence-electron chi connectivity index (χ0n) is 11.8. The second kappa shape index (κ2) is 5.76. The van der Waals surface area contributed by atoms with Crippen LogP contribution in [0.1, 0.15) is 18.4 Å². The largest absolute Gasteiger partial charge is 0.481 e. The molecule has 0 bridgehead atoms. The van der Waals surface area contributed by atoms with Crippen molar-refractivity contribution in [3.05, 3.63) is 35.9 Å². The van der Waals surface area contributed by atoms with Gasteiger partial charge in [-0.25, -0.2) is 4.79 Å². The van der Waals surface area contributed by atoms with E-state index in [2.05, 4.69) is 0 Å². The standard InChI is InChI=1S/C16H19NO4/c18-15(19)12-6-13-8-17(9-14(13)7-12)16(20)21-10-11-4-2-1-3-5-11/h1-5,12-14H,6-10H2,(H,18,19). The Hall–Kier alpha value is -2.04. The zero-order valence-corrected chi connectivity index (χ0v) is 11.8. The number of carboxylic acids is 1. The van der Waals surface area contributed by atoms with Gasteiger partial charge in [0.1, 0.15) is 6.61 Å². The molecule has 5 heteroatoms. The maximum Gasteiger partial charge on any atom is 0.410 e. The van der Waals surface area contributed by atoms with E-state index in [9.17, 15) is 9.59 Å². The summed E-state index contributed by atoms with van der Waals surface area (Å²) in [5, 5.41) is 9.05. The Morgan fingerprint density at radius 1 is 1.14 bits per heavy atom. The summed E-state index contributed by atoms with van der Waals surface area (Å²) < 4.78 is 5.32. The number of benzene rings is 1. The molecule has 21 heavy (non-hydrogen) atoms. The number of hydrogen-bond donors (Lipinski definition) is 1. The van der Waals surface area contributed by atoms with Gasteiger partial charge >= 0.3 is 12.1 Å². The molecule has 1 aromatic rings. The molecule has 0 radical (unpaired) electrons. The van der Waals surface area contributed by atoms with Crippen molar-refractivity contribution in [3.63, 3.8) is 0 Å². The summed E-state index contributed by atoms with van der Waals surface area (Å²) in [6.45, 7) is 1.54. The Balaban J connectivity index is 1.49. The summed E-state index contributed by atoms with van der Waals surface area (Å²) in [4.78, 5) is 24.8. The third kappa shape index (κ3) is 3.01. The summed E-state index contributed by atoms with van der Waals surface area (Å²) in [5.41, 5.74) is 0.969. The number of carbonyl (C=O) groups is 2. The fraction of sp³-hybridized carbons (Fsp3) is 0.500. The SMILES string of the molecule is O=C(O)C1CC2CN(C(=O)OCc3ccccc3)CC2C1. The van der Waals surface area contributed by atoms with Crippen LogP contribution in [0.2, 0.25) is 0 Å². The van der Waals surface area contributed by atoms with Gasteiger partial charge in [0.15, 0.2) is 0 Å². The van der Waals surface area contributed by atoms with Crippen molar-refractivity contribution < 1.29 is 19.4 Å². The van der Waals surface area contributed by atoms with Crippen LogP contribution in [0.3, 0.4) is 0 Å². The fourth-order valence-corrected chi connectivity index (χ4v) is 3.46. The molecule has 1 N–H and O–H groups in total. The predicted molar refractivity (Wildman–Crippen MR) is 75.5 cm³/mol. The van der Waals surface area contributed by atoms with Crippen molar-refractivity contribution in [1.82, 2.24) is 4.90 Å². The van der Waals surface area contributed by atoms with E-state index in [-0.39, 0.29) is 18.6 Å². The average Bonchev–Trinajstić information content (AvgIpc) is 3.04. The molecule has 1 saturated carbocycles. The van der Waals surface area contributed by atoms with Crippen LogP contribution in [0.4, 0.5) is 4.79 Å². The lowest BCUT2D eigenvalue weighted by atomic mass is 10.0. The van der Waals surface area contributed by atoms with Gasteiger partial charge in [0.05, 0.1) is 5.92 Å². The van der Waals surface area contributed by atoms with Crippen LogP contribution in [-0.4, -0.2) is 35.2 Å². The number of hydrogen-bond acceptors (Lipinski definition) is 3. The lowest BCUT2D eigenvalue weighted by Gasteiger charge is -2.18. The van der Waals surface area contributed by atoms with Gasteiger partial charge in [-0.15, -0.1) is 0 Å². The number of likely N-dealkylation sites (tertiary alicyclic amines) is 1. The van der Waals surface area contributed by atoms with Crippen molar-refractivity contribution in [2.75, 3.05) is 13.1 Å². The topological polar surface area (TPSA) is 66.8 Å². The summed E-state index contributed by atoms with van der Waals surface area (Å²) in [7, 11) is 0. The van der Waals surface area contributed by atoms with Gasteiger partial charge in [-0.05, 0) is 30.2 Å². The smallest absolute Gasteiger partial charge is 0.410 e. The van der Waals surface area contributed by atoms with Gasteiger partial charge in [-0.2, -0.15) is 0 Å². The molecule has 1 aliphatic heterocycles. The van der Waals surface area contributed by atoms with E-state index in [4.69, 9.17) is 9.84 Å². The third-order valence-electron chi connectivity index (χ3n) is 4.56. The second-order valence-electron chi connectivity index (χ2n) is 5.97. The van der Waals surface area contributed by atoms with Crippen molar-refractivity contribution in [1.29, 1.82) is 0 Å². The quantitative estimate of drug-likeness (QED) is 0.927. The first kappa shape index (κ1) is 13.9. The Bertz CT molecular complexity index is 516. The number of rotatable bonds is 3. The minimum Gasteiger partial charge on any atom is -0.481 e. The molecule has 0 spiro atoms. The van der Waals surface area contributed by atoms with Crippen molar-refractivity contribution in [2.45, 2.75) is 19.4 Å². The molecule has 5 nitrogen and oxygen atoms in total. The van der Waals surface area contributed by atoms with E-state index in [1.54, 1.807) is 4.90 Å². The predicted octanol–water partition coefficient (Wildman–Crippen LogP) is 2.37. The second-order valence-corrected chi connectivity index (χ2v) is 5.97. The molecule has 3 rings (SSSR count). The van der Waals surface area contributed by atoms with E-state index in [0.717, 1.165) is 5.56 Å². The highest BCUT2D eigenvalue weighted by atomic mass is 16.6. The number of aliphatic carboxylic acids is 1. The molecule has 1 aliphatic carbocycles. The molecule has 2 fully saturated rings. The van der Waals surface area contributed by atoms with E-state index in [1.165, 1.54) is 0 Å². The first-order valence-corrected chi connectivity index (χ1v) is 7.32. The van der Waals surface area contributed by atoms with E-state index in [0.29, 0.717) is 37.8 Å². The zero-order chi connectivity index (χ0) is 14.8. The molecular weight excluding hydrogens is 270 g/mol. The molecule has 1 amide bonds. The Morgan fingerprint density at radius 2 is 1.76 bits per heavy atom. The van der Waals surface area contributed by atoms with Gasteiger partial charge in [0.2, 0.25) is 0 Å². The molecule has 2 atom stereocenters. The number of fused-ring (bicyclic) bond motifs is 1. The normalized spacial score (nSPS) is 27.4. The molecule has 0 aromatic heterocycles. The van der Waals surface area contributed by atoms with Gasteiger partial charge in [0, 0.05) is 13.1 Å². The van der Waals surface area contributed by atoms with Gasteiger partial charge < -0.3 is 14.7 Å². The lowest BCUT2D eigenvalue weighted by Crippen LogP contribution is -2.30. The first-order chi connectivity index (χ1) is 10.1. The summed E-state index contributed by atoms with van der Waals surface area (Å²) in [6.07, 6.45) is 1.07. The minimum absolute atomic E-state index is 0.234. The Kier molecular flexibility index (Phi) is 3.82. The van der Waals surface area contributed by atoms with E-state index < -0.39 is 5.97 Å². The molecule has 1 aromatic carbocycles. The Labute approximate surface area is 123 Å². The fourth-order valence-electron chi connectivity index (χ4n) is 3.46. The van der Waals surface area contributed by atoms with Crippen LogP contribution in [0.15, 0.2) is 30.3 Å². The molecule has 1 saturated heterocycles. The van der Waals surface area contributed by atoms with Gasteiger partial charge in [-0.3, -0.25) is 4.79 Å². The highest BCUT2D eigenvalue weighted by Crippen LogP contribution is 2.41. The minimum atomic E-state index is -0.706. The van der Waals surface area contributed by atoms with Crippen LogP contribution < -0.4 is 0 Å². The van der Waals surface area contributed by atoms with Gasteiger partial charge in [-0.1, -0.05) is 30.3 Å². The monoisotopic (exact) mass is 289 g/mol. The number of ether oxygens (including phenoxy) is 1. The first-order valence-electron chi connectivity index (χ1n) is 7.32.